The Morgan fingerprint density at radius 1 is 0.898 bits per heavy atom. The number of fused-ring (bicyclic) bond motifs is 5. The third-order valence-electron chi connectivity index (χ3n) is 12.2. The van der Waals surface area contributed by atoms with Gasteiger partial charge in [-0.3, -0.25) is 19.1 Å². The number of para-hydroxylation sites is 1. The second-order valence-electron chi connectivity index (χ2n) is 16.5. The number of nitrogens with one attached hydrogen (secondary N) is 3. The van der Waals surface area contributed by atoms with E-state index in [1.54, 1.807) is 0 Å². The van der Waals surface area contributed by atoms with Crippen LogP contribution >= 0.6 is 0 Å². The normalized spacial score (nSPS) is 26.7. The maximum Gasteiger partial charge on any atom is 0.408 e. The van der Waals surface area contributed by atoms with Gasteiger partial charge in [0.1, 0.15) is 40.9 Å². The van der Waals surface area contributed by atoms with Crippen LogP contribution in [0.1, 0.15) is 83.5 Å². The molecule has 0 unspecified atom stereocenters. The molecule has 9 rings (SSSR count). The summed E-state index contributed by atoms with van der Waals surface area (Å²) in [5, 5.41) is 5.85. The van der Waals surface area contributed by atoms with Crippen LogP contribution < -0.4 is 20.1 Å². The van der Waals surface area contributed by atoms with Crippen molar-refractivity contribution in [3.05, 3.63) is 66.7 Å². The van der Waals surface area contributed by atoms with Gasteiger partial charge in [-0.25, -0.2) is 18.2 Å². The van der Waals surface area contributed by atoms with Gasteiger partial charge in [0, 0.05) is 23.3 Å². The number of hydrogen-bond acceptors (Lipinski definition) is 11. The fraction of sp³-hybridized carbons (Fsp3) is 0.488. The lowest BCUT2D eigenvalue weighted by Gasteiger charge is -2.30. The first-order valence-corrected chi connectivity index (χ1v) is 22.4. The monoisotopic (exact) mass is 824 g/mol. The summed E-state index contributed by atoms with van der Waals surface area (Å²) in [5.74, 6) is -1.83. The summed E-state index contributed by atoms with van der Waals surface area (Å²) in [5.41, 5.74) is 0.652. The van der Waals surface area contributed by atoms with E-state index >= 15 is 0 Å². The number of allylic oxidation sites excluding steroid dienone is 1. The number of alkyl carbamates (subject to hydrolysis) is 1. The molecule has 4 fully saturated rings. The number of carbonyl (C=O) groups excluding carboxylic acids is 4. The molecule has 5 aliphatic rings. The van der Waals surface area contributed by atoms with E-state index in [1.807, 2.05) is 66.7 Å². The van der Waals surface area contributed by atoms with Crippen molar-refractivity contribution in [2.75, 3.05) is 6.54 Å². The van der Waals surface area contributed by atoms with E-state index in [9.17, 15) is 27.6 Å². The molecule has 0 bridgehead atoms. The lowest BCUT2D eigenvalue weighted by atomic mass is 10.0. The molecule has 1 saturated heterocycles. The van der Waals surface area contributed by atoms with Crippen molar-refractivity contribution < 1.29 is 41.5 Å². The van der Waals surface area contributed by atoms with Gasteiger partial charge in [-0.15, -0.1) is 0 Å². The summed E-state index contributed by atoms with van der Waals surface area (Å²) in [7, 11) is -3.91. The predicted molar refractivity (Wildman–Crippen MR) is 216 cm³/mol. The van der Waals surface area contributed by atoms with Crippen molar-refractivity contribution >= 4 is 55.9 Å². The van der Waals surface area contributed by atoms with E-state index in [0.29, 0.717) is 54.6 Å². The maximum absolute atomic E-state index is 14.7. The molecule has 4 aromatic rings. The molecule has 0 spiro atoms. The fourth-order valence-corrected chi connectivity index (χ4v) is 10.1. The molecule has 2 aromatic heterocycles. The van der Waals surface area contributed by atoms with Gasteiger partial charge in [-0.1, -0.05) is 67.5 Å². The van der Waals surface area contributed by atoms with E-state index in [2.05, 4.69) is 15.4 Å². The van der Waals surface area contributed by atoms with Gasteiger partial charge in [-0.2, -0.15) is 4.98 Å². The van der Waals surface area contributed by atoms with Crippen LogP contribution in [0.4, 0.5) is 4.79 Å². The Kier molecular flexibility index (Phi) is 10.5. The Bertz CT molecular complexity index is 2410. The average molecular weight is 825 g/mol. The molecule has 4 amide bonds. The standard InChI is InChI=1S/C43H48N6O9S/c50-38-33-23-29(56-39-36-35(31-18-11-12-20-34(31)58-36)45-37(46-39)26-13-5-4-6-14-26)25-49(33)40(51)32(44-42(53)57-28-16-9-10-17-28)19-8-3-1-2-7-15-27-24-43(27,47-38)41(52)48-59(54,55)30-21-22-30/h4-7,11-15,18,20,27-30,32-33H,1-3,8-10,16-17,19,21-25H2,(H,44,53)(H,47,50)(H,48,52)/t27-,29-,32+,33+,43-/m1/s1. The first kappa shape index (κ1) is 39.0. The van der Waals surface area contributed by atoms with Crippen LogP contribution in [0.2, 0.25) is 0 Å². The number of sulfonamides is 1. The largest absolute Gasteiger partial charge is 0.470 e. The molecule has 59 heavy (non-hydrogen) atoms. The van der Waals surface area contributed by atoms with Crippen molar-refractivity contribution in [1.82, 2.24) is 30.2 Å². The smallest absolute Gasteiger partial charge is 0.408 e. The SMILES string of the molecule is O=C(N[C@H]1CCCCCC=C[C@@H]2C[C@@]2(C(=O)NS(=O)(=O)C2CC2)NC(=O)[C@@H]2C[C@@H](Oc3nc(-c4ccccc4)nc4c3oc3ccccc34)CN2C1=O)OC1CCCC1. The zero-order chi connectivity index (χ0) is 40.7. The van der Waals surface area contributed by atoms with Crippen LogP contribution in [-0.4, -0.2) is 88.7 Å². The number of hydrogen-bond donors (Lipinski definition) is 3. The Morgan fingerprint density at radius 3 is 2.46 bits per heavy atom. The molecule has 0 radical (unpaired) electrons. The van der Waals surface area contributed by atoms with Crippen molar-refractivity contribution in [2.45, 2.75) is 119 Å². The minimum atomic E-state index is -3.91. The lowest BCUT2D eigenvalue weighted by Crippen LogP contribution is -2.58. The molecule has 5 atom stereocenters. The van der Waals surface area contributed by atoms with Gasteiger partial charge in [0.25, 0.3) is 11.8 Å². The summed E-state index contributed by atoms with van der Waals surface area (Å²) < 4.78 is 46.7. The molecule has 2 aromatic carbocycles. The van der Waals surface area contributed by atoms with Crippen LogP contribution in [0.15, 0.2) is 71.2 Å². The summed E-state index contributed by atoms with van der Waals surface area (Å²) in [6.07, 6.45) is 9.92. The van der Waals surface area contributed by atoms with Gasteiger partial charge >= 0.3 is 6.09 Å². The maximum atomic E-state index is 14.7. The highest BCUT2D eigenvalue weighted by Crippen LogP contribution is 2.46. The van der Waals surface area contributed by atoms with E-state index in [1.165, 1.54) is 4.90 Å². The number of amides is 4. The summed E-state index contributed by atoms with van der Waals surface area (Å²) >= 11 is 0. The van der Waals surface area contributed by atoms with Crippen molar-refractivity contribution in [3.63, 3.8) is 0 Å². The minimum Gasteiger partial charge on any atom is -0.470 e. The number of aromatic nitrogens is 2. The highest BCUT2D eigenvalue weighted by atomic mass is 32.2. The first-order valence-electron chi connectivity index (χ1n) is 20.8. The molecule has 4 heterocycles. The summed E-state index contributed by atoms with van der Waals surface area (Å²) in [6.45, 7) is -0.0578. The Labute approximate surface area is 341 Å². The average Bonchev–Trinajstić information content (AvgIpc) is 4.04. The third kappa shape index (κ3) is 8.10. The number of benzene rings is 2. The summed E-state index contributed by atoms with van der Waals surface area (Å²) in [6, 6.07) is 14.7. The van der Waals surface area contributed by atoms with Gasteiger partial charge in [0.05, 0.1) is 11.8 Å². The third-order valence-corrected chi connectivity index (χ3v) is 14.0. The lowest BCUT2D eigenvalue weighted by molar-refractivity contribution is -0.141. The molecule has 15 nitrogen and oxygen atoms in total. The van der Waals surface area contributed by atoms with Crippen LogP contribution in [0.25, 0.3) is 33.5 Å². The van der Waals surface area contributed by atoms with Crippen LogP contribution in [-0.2, 0) is 29.1 Å². The quantitative estimate of drug-likeness (QED) is 0.192. The Balaban J connectivity index is 1.05. The van der Waals surface area contributed by atoms with Gasteiger partial charge in [0.15, 0.2) is 5.82 Å². The second kappa shape index (κ2) is 15.9. The molecule has 3 aliphatic carbocycles. The van der Waals surface area contributed by atoms with Crippen molar-refractivity contribution in [2.24, 2.45) is 5.92 Å². The van der Waals surface area contributed by atoms with Gasteiger partial charge in [-0.05, 0) is 76.3 Å². The highest BCUT2D eigenvalue weighted by Gasteiger charge is 2.62. The van der Waals surface area contributed by atoms with Crippen LogP contribution in [0.5, 0.6) is 5.88 Å². The van der Waals surface area contributed by atoms with Gasteiger partial charge < -0.3 is 29.4 Å². The van der Waals surface area contributed by atoms with E-state index in [-0.39, 0.29) is 31.4 Å². The minimum absolute atomic E-state index is 0.00177. The van der Waals surface area contributed by atoms with E-state index < -0.39 is 68.7 Å². The number of carbonyl (C=O) groups is 4. The Hall–Kier alpha value is -5.51. The fourth-order valence-electron chi connectivity index (χ4n) is 8.70. The molecule has 3 N–H and O–H groups in total. The summed E-state index contributed by atoms with van der Waals surface area (Å²) in [4.78, 5) is 67.4. The first-order chi connectivity index (χ1) is 28.6. The number of ether oxygens (including phenoxy) is 2. The molecule has 310 valence electrons. The molecule has 16 heteroatoms. The molecular formula is C43H48N6O9S. The van der Waals surface area contributed by atoms with Crippen LogP contribution in [0, 0.1) is 5.92 Å². The van der Waals surface area contributed by atoms with Crippen molar-refractivity contribution in [1.29, 1.82) is 0 Å². The topological polar surface area (TPSA) is 199 Å². The molecule has 2 aliphatic heterocycles. The predicted octanol–water partition coefficient (Wildman–Crippen LogP) is 5.43. The van der Waals surface area contributed by atoms with E-state index in [4.69, 9.17) is 23.9 Å². The van der Waals surface area contributed by atoms with Crippen LogP contribution in [0.3, 0.4) is 0 Å². The highest BCUT2D eigenvalue weighted by molar-refractivity contribution is 7.91. The molecule has 3 saturated carbocycles. The zero-order valence-electron chi connectivity index (χ0n) is 32.6. The van der Waals surface area contributed by atoms with Crippen molar-refractivity contribution in [3.8, 4) is 17.3 Å². The number of rotatable bonds is 8. The molecular weight excluding hydrogens is 777 g/mol. The Morgan fingerprint density at radius 2 is 1.66 bits per heavy atom. The number of nitrogens with zero attached hydrogens (tertiary/aromatic N) is 3. The van der Waals surface area contributed by atoms with Gasteiger partial charge in [0.2, 0.25) is 27.4 Å². The van der Waals surface area contributed by atoms with E-state index in [0.717, 1.165) is 49.5 Å². The number of furan rings is 1. The zero-order valence-corrected chi connectivity index (χ0v) is 33.5. The second-order valence-corrected chi connectivity index (χ2v) is 18.5.